The molecule has 0 aromatic heterocycles. The highest BCUT2D eigenvalue weighted by atomic mass is 127. The summed E-state index contributed by atoms with van der Waals surface area (Å²) in [4.78, 5) is 3.78. The molecule has 0 radical (unpaired) electrons. The van der Waals surface area contributed by atoms with E-state index in [9.17, 15) is 13.2 Å². The Labute approximate surface area is 127 Å². The minimum atomic E-state index is -4.62. The Morgan fingerprint density at radius 1 is 1.47 bits per heavy atom. The molecular formula is C10H19F3IN3O2. The summed E-state index contributed by atoms with van der Waals surface area (Å²) >= 11 is 0. The number of aliphatic imine (C=N–C) groups is 1. The van der Waals surface area contributed by atoms with Crippen LogP contribution in [0.5, 0.6) is 0 Å². The molecule has 1 aliphatic rings. The number of alkyl halides is 3. The van der Waals surface area contributed by atoms with Gasteiger partial charge >= 0.3 is 6.18 Å². The number of rotatable bonds is 4. The first-order valence-electron chi connectivity index (χ1n) is 5.70. The van der Waals surface area contributed by atoms with E-state index in [1.54, 1.807) is 0 Å². The average Bonchev–Trinajstić information content (AvgIpc) is 2.80. The quantitative estimate of drug-likeness (QED) is 0.372. The maximum Gasteiger partial charge on any atom is 0.416 e. The van der Waals surface area contributed by atoms with Crippen molar-refractivity contribution in [1.82, 2.24) is 10.6 Å². The molecule has 0 aromatic rings. The zero-order valence-electron chi connectivity index (χ0n) is 10.5. The average molecular weight is 397 g/mol. The van der Waals surface area contributed by atoms with Crippen LogP contribution in [0, 0.1) is 5.92 Å². The molecule has 1 rings (SSSR count). The van der Waals surface area contributed by atoms with Gasteiger partial charge in [0.15, 0.2) is 12.1 Å². The minimum Gasteiger partial charge on any atom is -0.382 e. The Bertz CT molecular complexity index is 284. The van der Waals surface area contributed by atoms with Gasteiger partial charge in [0.05, 0.1) is 13.2 Å². The third kappa shape index (κ3) is 7.16. The third-order valence-corrected chi connectivity index (χ3v) is 2.65. The van der Waals surface area contributed by atoms with Crippen LogP contribution in [0.3, 0.4) is 0 Å². The van der Waals surface area contributed by atoms with Crippen molar-refractivity contribution in [2.24, 2.45) is 10.9 Å². The van der Waals surface area contributed by atoms with Gasteiger partial charge in [-0.1, -0.05) is 0 Å². The topological polar surface area (TPSA) is 65.9 Å². The number of hydrogen-bond donors (Lipinski definition) is 3. The van der Waals surface area contributed by atoms with Gasteiger partial charge in [0.25, 0.3) is 0 Å². The Kier molecular flexibility index (Phi) is 8.66. The van der Waals surface area contributed by atoms with Gasteiger partial charge < -0.3 is 20.5 Å². The van der Waals surface area contributed by atoms with Crippen LogP contribution in [0.4, 0.5) is 13.2 Å². The normalized spacial score (nSPS) is 21.7. The molecule has 3 N–H and O–H groups in total. The summed E-state index contributed by atoms with van der Waals surface area (Å²) in [5.41, 5.74) is 0. The lowest BCUT2D eigenvalue weighted by Crippen LogP contribution is -2.46. The summed E-state index contributed by atoms with van der Waals surface area (Å²) in [5.74, 6) is 0.585. The molecule has 19 heavy (non-hydrogen) atoms. The molecule has 2 unspecified atom stereocenters. The lowest BCUT2D eigenvalue weighted by molar-refractivity contribution is -0.201. The number of guanidine groups is 1. The van der Waals surface area contributed by atoms with Gasteiger partial charge in [0, 0.05) is 26.1 Å². The number of nitrogens with one attached hydrogen (secondary N) is 2. The SMILES string of the molecule is CN=C(NCC1CCOC1)NCC(O)C(F)(F)F.I. The molecule has 0 aromatic carbocycles. The smallest absolute Gasteiger partial charge is 0.382 e. The second kappa shape index (κ2) is 8.80. The first kappa shape index (κ1) is 18.7. The van der Waals surface area contributed by atoms with Gasteiger partial charge in [0.1, 0.15) is 0 Å². The summed E-state index contributed by atoms with van der Waals surface area (Å²) in [7, 11) is 1.46. The van der Waals surface area contributed by atoms with Crippen LogP contribution in [-0.2, 0) is 4.74 Å². The number of hydrogen-bond acceptors (Lipinski definition) is 3. The molecule has 0 aliphatic carbocycles. The number of nitrogens with zero attached hydrogens (tertiary/aromatic N) is 1. The standard InChI is InChI=1S/C10H18F3N3O2.HI/c1-14-9(15-4-7-2-3-18-6-7)16-5-8(17)10(11,12)13;/h7-8,17H,2-6H2,1H3,(H2,14,15,16);1H. The number of halogens is 4. The highest BCUT2D eigenvalue weighted by molar-refractivity contribution is 14.0. The minimum absolute atomic E-state index is 0. The fourth-order valence-corrected chi connectivity index (χ4v) is 1.52. The van der Waals surface area contributed by atoms with Crippen molar-refractivity contribution in [2.45, 2.75) is 18.7 Å². The van der Waals surface area contributed by atoms with Crippen LogP contribution in [0.1, 0.15) is 6.42 Å². The van der Waals surface area contributed by atoms with Gasteiger partial charge in [0.2, 0.25) is 0 Å². The molecule has 0 saturated carbocycles. The van der Waals surface area contributed by atoms with E-state index in [4.69, 9.17) is 9.84 Å². The maximum atomic E-state index is 12.1. The van der Waals surface area contributed by atoms with Crippen molar-refractivity contribution in [1.29, 1.82) is 0 Å². The second-order valence-corrected chi connectivity index (χ2v) is 4.12. The molecule has 0 bridgehead atoms. The predicted molar refractivity (Wildman–Crippen MR) is 75.8 cm³/mol. The van der Waals surface area contributed by atoms with E-state index >= 15 is 0 Å². The summed E-state index contributed by atoms with van der Waals surface area (Å²) in [5, 5.41) is 14.1. The first-order valence-corrected chi connectivity index (χ1v) is 5.70. The molecule has 1 fully saturated rings. The number of aliphatic hydroxyl groups excluding tert-OH is 1. The Morgan fingerprint density at radius 2 is 2.16 bits per heavy atom. The van der Waals surface area contributed by atoms with Gasteiger partial charge in [-0.25, -0.2) is 0 Å². The third-order valence-electron chi connectivity index (χ3n) is 2.65. The molecule has 0 amide bonds. The van der Waals surface area contributed by atoms with Crippen LogP contribution < -0.4 is 10.6 Å². The predicted octanol–water partition coefficient (Wildman–Crippen LogP) is 0.729. The van der Waals surface area contributed by atoms with Gasteiger partial charge in [-0.3, -0.25) is 4.99 Å². The highest BCUT2D eigenvalue weighted by Crippen LogP contribution is 2.19. The zero-order chi connectivity index (χ0) is 13.6. The fourth-order valence-electron chi connectivity index (χ4n) is 1.52. The van der Waals surface area contributed by atoms with E-state index in [1.807, 2.05) is 0 Å². The van der Waals surface area contributed by atoms with Gasteiger partial charge in [-0.15, -0.1) is 24.0 Å². The largest absolute Gasteiger partial charge is 0.416 e. The molecule has 9 heteroatoms. The molecule has 1 saturated heterocycles. The van der Waals surface area contributed by atoms with Crippen molar-refractivity contribution in [3.8, 4) is 0 Å². The lowest BCUT2D eigenvalue weighted by atomic mass is 10.1. The van der Waals surface area contributed by atoms with E-state index in [2.05, 4.69) is 15.6 Å². The van der Waals surface area contributed by atoms with Gasteiger partial charge in [-0.05, 0) is 6.42 Å². The molecule has 2 atom stereocenters. The van der Waals surface area contributed by atoms with Crippen LogP contribution in [0.2, 0.25) is 0 Å². The van der Waals surface area contributed by atoms with Crippen molar-refractivity contribution in [3.05, 3.63) is 0 Å². The summed E-state index contributed by atoms with van der Waals surface area (Å²) in [6.07, 6.45) is -6.09. The van der Waals surface area contributed by atoms with E-state index in [-0.39, 0.29) is 29.9 Å². The molecule has 1 heterocycles. The summed E-state index contributed by atoms with van der Waals surface area (Å²) in [6, 6.07) is 0. The Hall–Kier alpha value is -0.290. The van der Waals surface area contributed by atoms with Crippen LogP contribution in [0.15, 0.2) is 4.99 Å². The Balaban J connectivity index is 0.00000324. The molecule has 1 aliphatic heterocycles. The highest BCUT2D eigenvalue weighted by Gasteiger charge is 2.38. The van der Waals surface area contributed by atoms with Crippen LogP contribution >= 0.6 is 24.0 Å². The van der Waals surface area contributed by atoms with Crippen LogP contribution in [-0.4, -0.2) is 56.7 Å². The van der Waals surface area contributed by atoms with Crippen molar-refractivity contribution < 1.29 is 23.0 Å². The maximum absolute atomic E-state index is 12.1. The fraction of sp³-hybridized carbons (Fsp3) is 0.900. The van der Waals surface area contributed by atoms with Crippen molar-refractivity contribution >= 4 is 29.9 Å². The van der Waals surface area contributed by atoms with E-state index < -0.39 is 18.8 Å². The van der Waals surface area contributed by atoms with Crippen molar-refractivity contribution in [2.75, 3.05) is 33.4 Å². The molecule has 0 spiro atoms. The first-order chi connectivity index (χ1) is 8.43. The van der Waals surface area contributed by atoms with E-state index in [0.29, 0.717) is 25.7 Å². The number of ether oxygens (including phenoxy) is 1. The van der Waals surface area contributed by atoms with Crippen LogP contribution in [0.25, 0.3) is 0 Å². The van der Waals surface area contributed by atoms with E-state index in [1.165, 1.54) is 7.05 Å². The summed E-state index contributed by atoms with van der Waals surface area (Å²) in [6.45, 7) is 1.33. The summed E-state index contributed by atoms with van der Waals surface area (Å²) < 4.78 is 41.4. The molecular weight excluding hydrogens is 378 g/mol. The number of aliphatic hydroxyl groups is 1. The monoisotopic (exact) mass is 397 g/mol. The molecule has 114 valence electrons. The van der Waals surface area contributed by atoms with E-state index in [0.717, 1.165) is 6.42 Å². The zero-order valence-corrected chi connectivity index (χ0v) is 12.9. The van der Waals surface area contributed by atoms with Gasteiger partial charge in [-0.2, -0.15) is 13.2 Å². The lowest BCUT2D eigenvalue weighted by Gasteiger charge is -2.18. The van der Waals surface area contributed by atoms with Crippen molar-refractivity contribution in [3.63, 3.8) is 0 Å². The second-order valence-electron chi connectivity index (χ2n) is 4.12. The molecule has 5 nitrogen and oxygen atoms in total. The Morgan fingerprint density at radius 3 is 2.63 bits per heavy atom.